The third-order valence-electron chi connectivity index (χ3n) is 3.52. The Kier molecular flexibility index (Phi) is 4.16. The Morgan fingerprint density at radius 1 is 1.40 bits per heavy atom. The van der Waals surface area contributed by atoms with Crippen LogP contribution in [0.1, 0.15) is 29.9 Å². The average Bonchev–Trinajstić information content (AvgIpc) is 3.02. The maximum atomic E-state index is 11.9. The number of hydrogen-bond acceptors (Lipinski definition) is 4. The fourth-order valence-electron chi connectivity index (χ4n) is 1.93. The predicted molar refractivity (Wildman–Crippen MR) is 74.2 cm³/mol. The van der Waals surface area contributed by atoms with Crippen molar-refractivity contribution < 1.29 is 4.79 Å². The minimum Gasteiger partial charge on any atom is -0.352 e. The maximum Gasteiger partial charge on any atom is 0.241 e. The van der Waals surface area contributed by atoms with Crippen molar-refractivity contribution in [3.63, 3.8) is 0 Å². The van der Waals surface area contributed by atoms with E-state index in [0.29, 0.717) is 6.54 Å². The third-order valence-corrected chi connectivity index (χ3v) is 3.52. The highest BCUT2D eigenvalue weighted by Crippen LogP contribution is 2.10. The number of nitrogens with one attached hydrogen (secondary N) is 1. The summed E-state index contributed by atoms with van der Waals surface area (Å²) in [4.78, 5) is 15.8. The Morgan fingerprint density at radius 2 is 2.15 bits per heavy atom. The van der Waals surface area contributed by atoms with Gasteiger partial charge in [-0.25, -0.2) is 9.67 Å². The first-order chi connectivity index (χ1) is 9.49. The molecular formula is C13H20N6O. The summed E-state index contributed by atoms with van der Waals surface area (Å²) in [5, 5.41) is 11.3. The summed E-state index contributed by atoms with van der Waals surface area (Å²) >= 11 is 0. The van der Waals surface area contributed by atoms with Gasteiger partial charge in [-0.2, -0.15) is 10.2 Å². The number of hydrogen-bond donors (Lipinski definition) is 1. The zero-order chi connectivity index (χ0) is 14.7. The molecule has 2 rings (SSSR count). The van der Waals surface area contributed by atoms with E-state index >= 15 is 0 Å². The van der Waals surface area contributed by atoms with Gasteiger partial charge >= 0.3 is 0 Å². The van der Waals surface area contributed by atoms with Crippen molar-refractivity contribution in [1.29, 1.82) is 0 Å². The molecule has 0 fully saturated rings. The second kappa shape index (κ2) is 5.85. The van der Waals surface area contributed by atoms with Crippen LogP contribution in [0.3, 0.4) is 0 Å². The summed E-state index contributed by atoms with van der Waals surface area (Å²) in [5.41, 5.74) is 3.13. The molecule has 0 aliphatic rings. The molecular weight excluding hydrogens is 256 g/mol. The van der Waals surface area contributed by atoms with Crippen LogP contribution in [0.4, 0.5) is 0 Å². The monoisotopic (exact) mass is 276 g/mol. The van der Waals surface area contributed by atoms with E-state index < -0.39 is 0 Å². The van der Waals surface area contributed by atoms with Gasteiger partial charge in [-0.3, -0.25) is 9.48 Å². The van der Waals surface area contributed by atoms with E-state index in [1.54, 1.807) is 15.7 Å². The Balaban J connectivity index is 1.88. The Bertz CT molecular complexity index is 586. The largest absolute Gasteiger partial charge is 0.352 e. The number of carbonyl (C=O) groups is 1. The number of carbonyl (C=O) groups excluding carboxylic acids is 1. The van der Waals surface area contributed by atoms with E-state index in [1.165, 1.54) is 6.33 Å². The topological polar surface area (TPSA) is 77.6 Å². The van der Waals surface area contributed by atoms with Crippen LogP contribution in [-0.4, -0.2) is 37.0 Å². The van der Waals surface area contributed by atoms with Crippen molar-refractivity contribution in [3.05, 3.63) is 29.6 Å². The molecule has 20 heavy (non-hydrogen) atoms. The van der Waals surface area contributed by atoms with Gasteiger partial charge in [-0.15, -0.1) is 0 Å². The number of nitrogens with zero attached hydrogens (tertiary/aromatic N) is 5. The fraction of sp³-hybridized carbons (Fsp3) is 0.538. The van der Waals surface area contributed by atoms with Crippen LogP contribution in [0, 0.1) is 20.8 Å². The Labute approximate surface area is 118 Å². The first-order valence-electron chi connectivity index (χ1n) is 6.60. The molecule has 0 saturated heterocycles. The Hall–Kier alpha value is -2.18. The zero-order valence-corrected chi connectivity index (χ0v) is 12.3. The van der Waals surface area contributed by atoms with Crippen LogP contribution in [0.25, 0.3) is 0 Å². The predicted octanol–water partition coefficient (Wildman–Crippen LogP) is 0.777. The van der Waals surface area contributed by atoms with Crippen molar-refractivity contribution in [2.75, 3.05) is 6.54 Å². The number of aromatic nitrogens is 5. The van der Waals surface area contributed by atoms with Gasteiger partial charge in [0.2, 0.25) is 5.91 Å². The van der Waals surface area contributed by atoms with Crippen molar-refractivity contribution >= 4 is 5.91 Å². The van der Waals surface area contributed by atoms with Gasteiger partial charge in [0.25, 0.3) is 0 Å². The Morgan fingerprint density at radius 3 is 2.70 bits per heavy atom. The van der Waals surface area contributed by atoms with Crippen molar-refractivity contribution in [3.8, 4) is 0 Å². The summed E-state index contributed by atoms with van der Waals surface area (Å²) < 4.78 is 3.45. The van der Waals surface area contributed by atoms with E-state index in [1.807, 2.05) is 27.7 Å². The van der Waals surface area contributed by atoms with Gasteiger partial charge in [-0.05, 0) is 33.3 Å². The lowest BCUT2D eigenvalue weighted by molar-refractivity contribution is -0.122. The standard InChI is InChI=1S/C13H20N6O/c1-9(19-8-14-7-16-19)5-15-13(20)6-18-12(4)10(2)11(3)17-18/h7-9H,5-6H2,1-4H3,(H,15,20)/t9-/m1/s1. The number of amides is 1. The van der Waals surface area contributed by atoms with Gasteiger partial charge < -0.3 is 5.32 Å². The quantitative estimate of drug-likeness (QED) is 0.875. The molecule has 0 aliphatic carbocycles. The second-order valence-electron chi connectivity index (χ2n) is 4.98. The smallest absolute Gasteiger partial charge is 0.241 e. The lowest BCUT2D eigenvalue weighted by Crippen LogP contribution is -2.33. The molecule has 0 bridgehead atoms. The molecule has 0 unspecified atom stereocenters. The van der Waals surface area contributed by atoms with Crippen LogP contribution in [0.2, 0.25) is 0 Å². The summed E-state index contributed by atoms with van der Waals surface area (Å²) in [6.45, 7) is 8.66. The summed E-state index contributed by atoms with van der Waals surface area (Å²) in [7, 11) is 0. The summed E-state index contributed by atoms with van der Waals surface area (Å²) in [6.07, 6.45) is 3.12. The van der Waals surface area contributed by atoms with Gasteiger partial charge in [0.15, 0.2) is 0 Å². The summed E-state index contributed by atoms with van der Waals surface area (Å²) in [5.74, 6) is -0.0532. The number of rotatable bonds is 5. The first-order valence-corrected chi connectivity index (χ1v) is 6.60. The van der Waals surface area contributed by atoms with E-state index in [2.05, 4.69) is 20.5 Å². The fourth-order valence-corrected chi connectivity index (χ4v) is 1.93. The minimum atomic E-state index is -0.0532. The molecule has 1 N–H and O–H groups in total. The molecule has 1 atom stereocenters. The molecule has 0 radical (unpaired) electrons. The van der Waals surface area contributed by atoms with Crippen LogP contribution in [0.5, 0.6) is 0 Å². The molecule has 7 heteroatoms. The van der Waals surface area contributed by atoms with Gasteiger partial charge in [0, 0.05) is 12.2 Å². The van der Waals surface area contributed by atoms with Gasteiger partial charge in [-0.1, -0.05) is 0 Å². The van der Waals surface area contributed by atoms with Crippen LogP contribution >= 0.6 is 0 Å². The molecule has 0 aliphatic heterocycles. The van der Waals surface area contributed by atoms with Crippen LogP contribution < -0.4 is 5.32 Å². The van der Waals surface area contributed by atoms with Gasteiger partial charge in [0.05, 0.1) is 11.7 Å². The average molecular weight is 276 g/mol. The van der Waals surface area contributed by atoms with Crippen molar-refractivity contribution in [2.24, 2.45) is 0 Å². The van der Waals surface area contributed by atoms with Crippen molar-refractivity contribution in [2.45, 2.75) is 40.3 Å². The van der Waals surface area contributed by atoms with Crippen molar-refractivity contribution in [1.82, 2.24) is 29.9 Å². The van der Waals surface area contributed by atoms with Gasteiger partial charge in [0.1, 0.15) is 19.2 Å². The third kappa shape index (κ3) is 3.04. The minimum absolute atomic E-state index is 0.0532. The lowest BCUT2D eigenvalue weighted by atomic mass is 10.2. The molecule has 1 amide bonds. The second-order valence-corrected chi connectivity index (χ2v) is 4.98. The van der Waals surface area contributed by atoms with E-state index in [9.17, 15) is 4.79 Å². The first kappa shape index (κ1) is 14.2. The van der Waals surface area contributed by atoms with E-state index in [4.69, 9.17) is 0 Å². The van der Waals surface area contributed by atoms with Crippen LogP contribution in [0.15, 0.2) is 12.7 Å². The highest BCUT2D eigenvalue weighted by atomic mass is 16.2. The molecule has 108 valence electrons. The molecule has 2 aromatic rings. The normalized spacial score (nSPS) is 12.4. The zero-order valence-electron chi connectivity index (χ0n) is 12.3. The highest BCUT2D eigenvalue weighted by Gasteiger charge is 2.12. The molecule has 0 saturated carbocycles. The molecule has 2 heterocycles. The molecule has 7 nitrogen and oxygen atoms in total. The SMILES string of the molecule is Cc1nn(CC(=O)NC[C@@H](C)n2cncn2)c(C)c1C. The molecule has 0 spiro atoms. The maximum absolute atomic E-state index is 11.9. The number of aryl methyl sites for hydroxylation is 1. The highest BCUT2D eigenvalue weighted by molar-refractivity contribution is 5.75. The molecule has 2 aromatic heterocycles. The summed E-state index contributed by atoms with van der Waals surface area (Å²) in [6, 6.07) is 0.0728. The van der Waals surface area contributed by atoms with Crippen LogP contribution in [-0.2, 0) is 11.3 Å². The van der Waals surface area contributed by atoms with E-state index in [-0.39, 0.29) is 18.5 Å². The van der Waals surface area contributed by atoms with E-state index in [0.717, 1.165) is 17.0 Å². The lowest BCUT2D eigenvalue weighted by Gasteiger charge is -2.13. The molecule has 0 aromatic carbocycles.